The highest BCUT2D eigenvalue weighted by Gasteiger charge is 2.32. The number of para-hydroxylation sites is 1. The van der Waals surface area contributed by atoms with Gasteiger partial charge in [-0.2, -0.15) is 4.98 Å². The number of fused-ring (bicyclic) bond motifs is 1. The summed E-state index contributed by atoms with van der Waals surface area (Å²) in [6, 6.07) is 11.4. The van der Waals surface area contributed by atoms with Gasteiger partial charge in [0.25, 0.3) is 5.91 Å². The molecule has 8 nitrogen and oxygen atoms in total. The predicted octanol–water partition coefficient (Wildman–Crippen LogP) is 5.10. The van der Waals surface area contributed by atoms with Crippen molar-refractivity contribution in [2.45, 2.75) is 19.8 Å². The van der Waals surface area contributed by atoms with E-state index < -0.39 is 0 Å². The van der Waals surface area contributed by atoms with Crippen LogP contribution in [-0.2, 0) is 0 Å². The Morgan fingerprint density at radius 1 is 1.14 bits per heavy atom. The van der Waals surface area contributed by atoms with E-state index in [1.807, 2.05) is 18.0 Å². The minimum absolute atomic E-state index is 0.255. The van der Waals surface area contributed by atoms with Gasteiger partial charge in [-0.25, -0.2) is 4.98 Å². The fourth-order valence-electron chi connectivity index (χ4n) is 4.86. The zero-order chi connectivity index (χ0) is 25.4. The van der Waals surface area contributed by atoms with Gasteiger partial charge in [-0.05, 0) is 61.6 Å². The number of nitrogens with zero attached hydrogens (tertiary/aromatic N) is 5. The first-order valence-corrected chi connectivity index (χ1v) is 12.7. The Balaban J connectivity index is 1.34. The molecule has 0 unspecified atom stereocenters. The third-order valence-corrected chi connectivity index (χ3v) is 7.44. The molecule has 2 N–H and O–H groups in total. The van der Waals surface area contributed by atoms with Crippen LogP contribution < -0.4 is 20.0 Å². The summed E-state index contributed by atoms with van der Waals surface area (Å²) in [4.78, 5) is 28.1. The number of halogens is 2. The molecule has 2 aliphatic heterocycles. The number of aliphatic hydroxyl groups excluding tert-OH is 1. The van der Waals surface area contributed by atoms with Crippen molar-refractivity contribution in [1.29, 1.82) is 0 Å². The molecule has 0 atom stereocenters. The molecule has 1 aromatic heterocycles. The lowest BCUT2D eigenvalue weighted by atomic mass is 9.97. The summed E-state index contributed by atoms with van der Waals surface area (Å²) in [5.41, 5.74) is 4.08. The van der Waals surface area contributed by atoms with Crippen LogP contribution in [0.25, 0.3) is 0 Å². The highest BCUT2D eigenvalue weighted by molar-refractivity contribution is 6.40. The monoisotopic (exact) mass is 526 g/mol. The molecule has 1 amide bonds. The number of rotatable bonds is 5. The number of carbonyl (C=O) groups excluding carboxylic acids is 1. The highest BCUT2D eigenvalue weighted by atomic mass is 35.5. The largest absolute Gasteiger partial charge is 0.396 e. The molecule has 3 aromatic rings. The van der Waals surface area contributed by atoms with Crippen LogP contribution >= 0.6 is 23.2 Å². The second-order valence-corrected chi connectivity index (χ2v) is 10.1. The van der Waals surface area contributed by atoms with E-state index in [1.165, 1.54) is 16.8 Å². The molecular weight excluding hydrogens is 499 g/mol. The molecule has 3 heterocycles. The van der Waals surface area contributed by atoms with Gasteiger partial charge in [0.1, 0.15) is 11.4 Å². The van der Waals surface area contributed by atoms with E-state index in [2.05, 4.69) is 39.2 Å². The lowest BCUT2D eigenvalue weighted by molar-refractivity contribution is 0.0982. The zero-order valence-corrected chi connectivity index (χ0v) is 21.7. The minimum Gasteiger partial charge on any atom is -0.396 e. The number of hydrogen-bond acceptors (Lipinski definition) is 7. The maximum atomic E-state index is 13.3. The first-order valence-electron chi connectivity index (χ1n) is 11.9. The predicted molar refractivity (Wildman–Crippen MR) is 145 cm³/mol. The number of aryl methyl sites for hydroxylation is 1. The van der Waals surface area contributed by atoms with E-state index in [0.717, 1.165) is 37.2 Å². The molecule has 0 spiro atoms. The molecule has 188 valence electrons. The summed E-state index contributed by atoms with van der Waals surface area (Å²) >= 11 is 12.7. The molecule has 5 rings (SSSR count). The molecule has 1 fully saturated rings. The van der Waals surface area contributed by atoms with E-state index in [4.69, 9.17) is 23.2 Å². The third-order valence-electron chi connectivity index (χ3n) is 6.83. The van der Waals surface area contributed by atoms with Gasteiger partial charge < -0.3 is 20.2 Å². The quantitative estimate of drug-likeness (QED) is 0.478. The molecule has 0 saturated carbocycles. The maximum absolute atomic E-state index is 13.3. The number of piperidine rings is 1. The van der Waals surface area contributed by atoms with Crippen molar-refractivity contribution in [2.75, 3.05) is 53.4 Å². The van der Waals surface area contributed by atoms with Gasteiger partial charge in [0.05, 0.1) is 22.4 Å². The Bertz CT molecular complexity index is 1280. The Morgan fingerprint density at radius 2 is 1.86 bits per heavy atom. The van der Waals surface area contributed by atoms with Crippen LogP contribution in [0.3, 0.4) is 0 Å². The molecule has 0 aliphatic carbocycles. The zero-order valence-electron chi connectivity index (χ0n) is 20.2. The Labute approximate surface area is 220 Å². The molecule has 2 aliphatic rings. The molecule has 0 bridgehead atoms. The average Bonchev–Trinajstić information content (AvgIpc) is 2.87. The smallest absolute Gasteiger partial charge is 0.265 e. The van der Waals surface area contributed by atoms with E-state index in [0.29, 0.717) is 39.0 Å². The van der Waals surface area contributed by atoms with Crippen molar-refractivity contribution in [3.63, 3.8) is 0 Å². The fourth-order valence-corrected chi connectivity index (χ4v) is 5.46. The van der Waals surface area contributed by atoms with Gasteiger partial charge in [0.15, 0.2) is 0 Å². The topological polar surface area (TPSA) is 84.8 Å². The van der Waals surface area contributed by atoms with Crippen molar-refractivity contribution in [3.05, 3.63) is 63.8 Å². The number of nitrogens with one attached hydrogen (secondary N) is 1. The molecule has 10 heteroatoms. The summed E-state index contributed by atoms with van der Waals surface area (Å²) < 4.78 is 0. The number of aliphatic hydroxyl groups is 1. The van der Waals surface area contributed by atoms with Crippen molar-refractivity contribution in [2.24, 2.45) is 5.92 Å². The van der Waals surface area contributed by atoms with Crippen LogP contribution in [0.4, 0.5) is 28.8 Å². The van der Waals surface area contributed by atoms with Gasteiger partial charge in [0, 0.05) is 44.3 Å². The van der Waals surface area contributed by atoms with Crippen LogP contribution in [0.1, 0.15) is 28.8 Å². The maximum Gasteiger partial charge on any atom is 0.265 e. The first-order chi connectivity index (χ1) is 17.4. The second kappa shape index (κ2) is 10.1. The van der Waals surface area contributed by atoms with Crippen LogP contribution in [-0.4, -0.2) is 54.4 Å². The summed E-state index contributed by atoms with van der Waals surface area (Å²) in [6.07, 6.45) is 3.55. The van der Waals surface area contributed by atoms with Crippen molar-refractivity contribution < 1.29 is 9.90 Å². The van der Waals surface area contributed by atoms with Crippen LogP contribution in [0, 0.1) is 12.8 Å². The summed E-state index contributed by atoms with van der Waals surface area (Å²) in [6.45, 7) is 4.51. The van der Waals surface area contributed by atoms with Gasteiger partial charge in [-0.1, -0.05) is 29.3 Å². The van der Waals surface area contributed by atoms with Crippen molar-refractivity contribution >= 4 is 57.9 Å². The normalized spacial score (nSPS) is 16.4. The van der Waals surface area contributed by atoms with Crippen LogP contribution in [0.2, 0.25) is 10.0 Å². The summed E-state index contributed by atoms with van der Waals surface area (Å²) in [5.74, 6) is 1.10. The van der Waals surface area contributed by atoms with Crippen LogP contribution in [0.15, 0.2) is 42.6 Å². The van der Waals surface area contributed by atoms with E-state index in [-0.39, 0.29) is 19.2 Å². The van der Waals surface area contributed by atoms with Crippen LogP contribution in [0.5, 0.6) is 0 Å². The number of hydrogen-bond donors (Lipinski definition) is 2. The Hall–Kier alpha value is -3.07. The van der Waals surface area contributed by atoms with Gasteiger partial charge >= 0.3 is 0 Å². The molecule has 2 aromatic carbocycles. The highest BCUT2D eigenvalue weighted by Crippen LogP contribution is 2.37. The Morgan fingerprint density at radius 3 is 2.53 bits per heavy atom. The molecule has 1 saturated heterocycles. The number of amides is 1. The number of carbonyl (C=O) groups is 1. The molecule has 0 radical (unpaired) electrons. The first kappa shape index (κ1) is 24.6. The number of benzene rings is 2. The second-order valence-electron chi connectivity index (χ2n) is 9.31. The average molecular weight is 527 g/mol. The van der Waals surface area contributed by atoms with E-state index in [9.17, 15) is 9.90 Å². The third kappa shape index (κ3) is 4.68. The summed E-state index contributed by atoms with van der Waals surface area (Å²) in [7, 11) is 1.86. The SMILES string of the molecule is Cc1cc(Nc2ncc3c(n2)N(C)CN(c2c(Cl)cccc2Cl)C3=O)ccc1N1CCC(CO)CC1. The standard InChI is InChI=1S/C26H28Cl2N6O2/c1-16-12-18(6-7-22(16)33-10-8-17(14-35)9-11-33)30-26-29-13-19-24(31-26)32(2)15-34(25(19)36)23-20(27)4-3-5-21(23)28/h3-7,12-13,17,35H,8-11,14-15H2,1-2H3,(H,29,30,31). The lowest BCUT2D eigenvalue weighted by Crippen LogP contribution is -2.46. The van der Waals surface area contributed by atoms with Crippen molar-refractivity contribution in [3.8, 4) is 0 Å². The number of aromatic nitrogens is 2. The number of anilines is 5. The van der Waals surface area contributed by atoms with Crippen molar-refractivity contribution in [1.82, 2.24) is 9.97 Å². The molecule has 36 heavy (non-hydrogen) atoms. The lowest BCUT2D eigenvalue weighted by Gasteiger charge is -2.35. The summed E-state index contributed by atoms with van der Waals surface area (Å²) in [5, 5.41) is 13.5. The van der Waals surface area contributed by atoms with Gasteiger partial charge in [-0.15, -0.1) is 0 Å². The van der Waals surface area contributed by atoms with Gasteiger partial charge in [-0.3, -0.25) is 9.69 Å². The van der Waals surface area contributed by atoms with E-state index >= 15 is 0 Å². The fraction of sp³-hybridized carbons (Fsp3) is 0.346. The minimum atomic E-state index is -0.255. The van der Waals surface area contributed by atoms with Gasteiger partial charge in [0.2, 0.25) is 5.95 Å². The molecular formula is C26H28Cl2N6O2. The van der Waals surface area contributed by atoms with E-state index in [1.54, 1.807) is 18.2 Å². The Kier molecular flexibility index (Phi) is 6.92.